The maximum Gasteiger partial charge on any atom is 0.323 e. The third-order valence-corrected chi connectivity index (χ3v) is 3.62. The number of hydrogen-bond acceptors (Lipinski definition) is 7. The van der Waals surface area contributed by atoms with Crippen LogP contribution in [0.3, 0.4) is 0 Å². The Balaban J connectivity index is 2.18. The smallest absolute Gasteiger partial charge is 0.323 e. The third-order valence-electron chi connectivity index (χ3n) is 3.62. The highest BCUT2D eigenvalue weighted by Crippen LogP contribution is 2.19. The molecule has 1 fully saturated rings. The van der Waals surface area contributed by atoms with Crippen LogP contribution in [-0.2, 0) is 0 Å². The minimum Gasteiger partial charge on any atom is -0.461 e. The van der Waals surface area contributed by atoms with Gasteiger partial charge >= 0.3 is 6.01 Å². The molecule has 7 heteroatoms. The number of ether oxygens (including phenoxy) is 1. The van der Waals surface area contributed by atoms with E-state index >= 15 is 0 Å². The molecule has 1 unspecified atom stereocenters. The molecule has 2 rings (SSSR count). The zero-order valence-corrected chi connectivity index (χ0v) is 13.6. The Morgan fingerprint density at radius 2 is 2.05 bits per heavy atom. The van der Waals surface area contributed by atoms with Crippen molar-refractivity contribution in [2.24, 2.45) is 0 Å². The summed E-state index contributed by atoms with van der Waals surface area (Å²) in [7, 11) is 1.80. The van der Waals surface area contributed by atoms with E-state index in [-0.39, 0.29) is 6.10 Å². The molecule has 0 saturated carbocycles. The van der Waals surface area contributed by atoms with Crippen molar-refractivity contribution in [3.8, 4) is 6.01 Å². The summed E-state index contributed by atoms with van der Waals surface area (Å²) < 4.78 is 5.62. The lowest BCUT2D eigenvalue weighted by molar-refractivity contribution is 0.197. The van der Waals surface area contributed by atoms with Crippen LogP contribution in [0, 0.1) is 0 Å². The van der Waals surface area contributed by atoms with E-state index in [1.807, 2.05) is 13.8 Å². The fourth-order valence-corrected chi connectivity index (χ4v) is 2.51. The maximum atomic E-state index is 5.62. The number of nitrogens with one attached hydrogen (secondary N) is 1. The molecular weight excluding hydrogens is 268 g/mol. The van der Waals surface area contributed by atoms with Crippen molar-refractivity contribution in [1.29, 1.82) is 0 Å². The summed E-state index contributed by atoms with van der Waals surface area (Å²) in [5.41, 5.74) is 0. The van der Waals surface area contributed by atoms with Crippen LogP contribution in [-0.4, -0.2) is 65.2 Å². The molecule has 0 bridgehead atoms. The topological polar surface area (TPSA) is 66.4 Å². The standard InChI is InChI=1S/C14H26N6O/c1-6-19-7-8-20(9-11(19)4)13-16-12(15-5)17-14(18-13)21-10(2)3/h10-11H,6-9H2,1-5H3,(H,15,16,17,18). The van der Waals surface area contributed by atoms with Gasteiger partial charge in [-0.3, -0.25) is 4.90 Å². The fourth-order valence-electron chi connectivity index (χ4n) is 2.51. The van der Waals surface area contributed by atoms with Gasteiger partial charge in [-0.1, -0.05) is 6.92 Å². The van der Waals surface area contributed by atoms with E-state index in [0.717, 1.165) is 26.2 Å². The van der Waals surface area contributed by atoms with Crippen LogP contribution in [0.1, 0.15) is 27.7 Å². The van der Waals surface area contributed by atoms with Gasteiger partial charge in [-0.15, -0.1) is 0 Å². The van der Waals surface area contributed by atoms with Gasteiger partial charge in [0, 0.05) is 32.7 Å². The first-order valence-electron chi connectivity index (χ1n) is 7.63. The zero-order valence-electron chi connectivity index (χ0n) is 13.6. The van der Waals surface area contributed by atoms with Crippen molar-refractivity contribution in [3.63, 3.8) is 0 Å². The quantitative estimate of drug-likeness (QED) is 0.876. The first-order valence-corrected chi connectivity index (χ1v) is 7.63. The second-order valence-corrected chi connectivity index (χ2v) is 5.58. The van der Waals surface area contributed by atoms with E-state index in [9.17, 15) is 0 Å². The summed E-state index contributed by atoms with van der Waals surface area (Å²) in [5, 5.41) is 2.97. The molecule has 1 saturated heterocycles. The molecule has 1 aromatic rings. The number of piperazine rings is 1. The van der Waals surface area contributed by atoms with E-state index < -0.39 is 0 Å². The number of aromatic nitrogens is 3. The fraction of sp³-hybridized carbons (Fsp3) is 0.786. The SMILES string of the molecule is CCN1CCN(c2nc(NC)nc(OC(C)C)n2)CC1C. The molecule has 1 aliphatic heterocycles. The number of rotatable bonds is 5. The van der Waals surface area contributed by atoms with Crippen LogP contribution in [0.4, 0.5) is 11.9 Å². The average Bonchev–Trinajstić information content (AvgIpc) is 2.46. The number of nitrogens with zero attached hydrogens (tertiary/aromatic N) is 5. The van der Waals surface area contributed by atoms with Crippen molar-refractivity contribution in [2.45, 2.75) is 39.8 Å². The molecule has 21 heavy (non-hydrogen) atoms. The Hall–Kier alpha value is -1.63. The molecule has 7 nitrogen and oxygen atoms in total. The molecular formula is C14H26N6O. The predicted octanol–water partition coefficient (Wildman–Crippen LogP) is 1.23. The molecule has 1 N–H and O–H groups in total. The molecule has 0 spiro atoms. The van der Waals surface area contributed by atoms with Crippen molar-refractivity contribution >= 4 is 11.9 Å². The summed E-state index contributed by atoms with van der Waals surface area (Å²) in [6.07, 6.45) is 0.0424. The monoisotopic (exact) mass is 294 g/mol. The molecule has 2 heterocycles. The number of anilines is 2. The zero-order chi connectivity index (χ0) is 15.4. The Morgan fingerprint density at radius 3 is 2.62 bits per heavy atom. The van der Waals surface area contributed by atoms with Crippen molar-refractivity contribution in [3.05, 3.63) is 0 Å². The minimum absolute atomic E-state index is 0.0424. The highest BCUT2D eigenvalue weighted by molar-refractivity contribution is 5.38. The van der Waals surface area contributed by atoms with Gasteiger partial charge in [-0.2, -0.15) is 15.0 Å². The Bertz CT molecular complexity index is 467. The van der Waals surface area contributed by atoms with Gasteiger partial charge in [0.25, 0.3) is 0 Å². The van der Waals surface area contributed by atoms with Gasteiger partial charge in [-0.05, 0) is 27.3 Å². The largest absolute Gasteiger partial charge is 0.461 e. The van der Waals surface area contributed by atoms with Crippen molar-refractivity contribution in [1.82, 2.24) is 19.9 Å². The highest BCUT2D eigenvalue weighted by Gasteiger charge is 2.25. The predicted molar refractivity (Wildman–Crippen MR) is 84.1 cm³/mol. The Morgan fingerprint density at radius 1 is 1.29 bits per heavy atom. The molecule has 1 atom stereocenters. The molecule has 0 amide bonds. The van der Waals surface area contributed by atoms with E-state index in [0.29, 0.717) is 23.9 Å². The molecule has 0 aromatic carbocycles. The molecule has 0 aliphatic carbocycles. The molecule has 1 aliphatic rings. The number of hydrogen-bond donors (Lipinski definition) is 1. The summed E-state index contributed by atoms with van der Waals surface area (Å²) in [5.74, 6) is 1.23. The van der Waals surface area contributed by atoms with Crippen LogP contribution in [0.2, 0.25) is 0 Å². The second-order valence-electron chi connectivity index (χ2n) is 5.58. The van der Waals surface area contributed by atoms with Gasteiger partial charge in [0.1, 0.15) is 0 Å². The summed E-state index contributed by atoms with van der Waals surface area (Å²) in [6.45, 7) is 12.3. The van der Waals surface area contributed by atoms with E-state index in [4.69, 9.17) is 4.74 Å². The van der Waals surface area contributed by atoms with Gasteiger partial charge in [-0.25, -0.2) is 0 Å². The first kappa shape index (κ1) is 15.8. The number of likely N-dealkylation sites (N-methyl/N-ethyl adjacent to an activating group) is 1. The first-order chi connectivity index (χ1) is 10.0. The van der Waals surface area contributed by atoms with Crippen molar-refractivity contribution in [2.75, 3.05) is 43.4 Å². The summed E-state index contributed by atoms with van der Waals surface area (Å²) in [4.78, 5) is 17.8. The third kappa shape index (κ3) is 3.93. The van der Waals surface area contributed by atoms with Crippen molar-refractivity contribution < 1.29 is 4.74 Å². The highest BCUT2D eigenvalue weighted by atomic mass is 16.5. The molecule has 118 valence electrons. The molecule has 1 aromatic heterocycles. The van der Waals surface area contributed by atoms with Crippen LogP contribution < -0.4 is 15.0 Å². The van der Waals surface area contributed by atoms with Crippen LogP contribution >= 0.6 is 0 Å². The van der Waals surface area contributed by atoms with Gasteiger partial charge < -0.3 is 15.0 Å². The van der Waals surface area contributed by atoms with Gasteiger partial charge in [0.05, 0.1) is 6.10 Å². The Labute approximate surface area is 126 Å². The second kappa shape index (κ2) is 6.89. The van der Waals surface area contributed by atoms with E-state index in [1.54, 1.807) is 7.05 Å². The lowest BCUT2D eigenvalue weighted by Gasteiger charge is -2.39. The summed E-state index contributed by atoms with van der Waals surface area (Å²) >= 11 is 0. The minimum atomic E-state index is 0.0424. The van der Waals surface area contributed by atoms with Crippen LogP contribution in [0.25, 0.3) is 0 Å². The average molecular weight is 294 g/mol. The van der Waals surface area contributed by atoms with Crippen LogP contribution in [0.5, 0.6) is 6.01 Å². The molecule has 0 radical (unpaired) electrons. The van der Waals surface area contributed by atoms with Gasteiger partial charge in [0.15, 0.2) is 0 Å². The Kier molecular flexibility index (Phi) is 5.17. The normalized spacial score (nSPS) is 19.9. The lowest BCUT2D eigenvalue weighted by Crippen LogP contribution is -2.52. The maximum absolute atomic E-state index is 5.62. The van der Waals surface area contributed by atoms with E-state index in [2.05, 4.69) is 43.9 Å². The van der Waals surface area contributed by atoms with E-state index in [1.165, 1.54) is 0 Å². The summed E-state index contributed by atoms with van der Waals surface area (Å²) in [6, 6.07) is 0.873. The van der Waals surface area contributed by atoms with Gasteiger partial charge in [0.2, 0.25) is 11.9 Å². The lowest BCUT2D eigenvalue weighted by atomic mass is 10.2. The van der Waals surface area contributed by atoms with Crippen LogP contribution in [0.15, 0.2) is 0 Å².